The lowest BCUT2D eigenvalue weighted by molar-refractivity contribution is -0.274. The van der Waals surface area contributed by atoms with Gasteiger partial charge < -0.3 is 14.7 Å². The summed E-state index contributed by atoms with van der Waals surface area (Å²) in [5, 5.41) is 9.81. The number of aromatic nitrogens is 3. The molecule has 0 spiro atoms. The van der Waals surface area contributed by atoms with Crippen LogP contribution < -0.4 is 10.4 Å². The Morgan fingerprint density at radius 3 is 2.36 bits per heavy atom. The number of nitrogens with zero attached hydrogens (tertiary/aromatic N) is 3. The van der Waals surface area contributed by atoms with E-state index in [2.05, 4.69) is 14.7 Å². The van der Waals surface area contributed by atoms with Gasteiger partial charge in [0.15, 0.2) is 5.65 Å². The van der Waals surface area contributed by atoms with Crippen molar-refractivity contribution in [3.63, 3.8) is 0 Å². The van der Waals surface area contributed by atoms with Gasteiger partial charge in [-0.05, 0) is 80.3 Å². The zero-order valence-electron chi connectivity index (χ0n) is 19.5. The number of halogens is 3. The van der Waals surface area contributed by atoms with Gasteiger partial charge in [0.25, 0.3) is 5.91 Å². The summed E-state index contributed by atoms with van der Waals surface area (Å²) < 4.78 is 42.7. The van der Waals surface area contributed by atoms with Crippen molar-refractivity contribution in [3.8, 4) is 5.75 Å². The number of aromatic amines is 1. The van der Waals surface area contributed by atoms with E-state index in [4.69, 9.17) is 0 Å². The molecule has 0 bridgehead atoms. The number of aliphatic hydroxyl groups is 1. The Hall–Kier alpha value is -3.34. The van der Waals surface area contributed by atoms with E-state index in [1.165, 1.54) is 12.1 Å². The number of piperidine rings is 1. The van der Waals surface area contributed by atoms with E-state index in [1.807, 2.05) is 6.07 Å². The number of hydrogen-bond acceptors (Lipinski definition) is 5. The van der Waals surface area contributed by atoms with Crippen molar-refractivity contribution >= 4 is 17.1 Å². The van der Waals surface area contributed by atoms with E-state index < -0.39 is 6.36 Å². The highest BCUT2D eigenvalue weighted by Gasteiger charge is 2.31. The van der Waals surface area contributed by atoms with Crippen LogP contribution in [0.2, 0.25) is 0 Å². The second-order valence-corrected chi connectivity index (χ2v) is 9.54. The van der Waals surface area contributed by atoms with E-state index in [9.17, 15) is 27.9 Å². The Morgan fingerprint density at radius 2 is 1.72 bits per heavy atom. The van der Waals surface area contributed by atoms with Crippen LogP contribution in [0, 0.1) is 0 Å². The molecule has 3 aromatic rings. The fraction of sp³-hybridized carbons (Fsp3) is 0.480. The van der Waals surface area contributed by atoms with E-state index >= 15 is 0 Å². The van der Waals surface area contributed by atoms with Crippen molar-refractivity contribution < 1.29 is 27.8 Å². The van der Waals surface area contributed by atoms with Crippen LogP contribution in [-0.4, -0.2) is 56.0 Å². The Labute approximate surface area is 204 Å². The molecule has 2 fully saturated rings. The lowest BCUT2D eigenvalue weighted by atomic mass is 9.83. The average molecular weight is 505 g/mol. The van der Waals surface area contributed by atoms with E-state index in [-0.39, 0.29) is 35.1 Å². The van der Waals surface area contributed by atoms with E-state index in [0.29, 0.717) is 37.5 Å². The minimum Gasteiger partial charge on any atom is -0.406 e. The number of amides is 1. The number of carbonyl (C=O) groups is 1. The molecule has 192 valence electrons. The maximum atomic E-state index is 12.9. The molecule has 0 radical (unpaired) electrons. The largest absolute Gasteiger partial charge is 0.573 e. The molecule has 8 nitrogen and oxygen atoms in total. The third kappa shape index (κ3) is 5.11. The third-order valence-electron chi connectivity index (χ3n) is 7.21. The van der Waals surface area contributed by atoms with Gasteiger partial charge in [-0.25, -0.2) is 9.78 Å². The Bertz CT molecular complexity index is 1290. The number of pyridine rings is 1. The van der Waals surface area contributed by atoms with Gasteiger partial charge in [-0.15, -0.1) is 13.2 Å². The molecule has 1 saturated heterocycles. The van der Waals surface area contributed by atoms with E-state index in [1.54, 1.807) is 15.7 Å². The van der Waals surface area contributed by atoms with Crippen molar-refractivity contribution in [2.24, 2.45) is 0 Å². The molecule has 36 heavy (non-hydrogen) atoms. The number of likely N-dealkylation sites (tertiary alicyclic amines) is 1. The molecule has 1 saturated carbocycles. The fourth-order valence-corrected chi connectivity index (χ4v) is 5.32. The summed E-state index contributed by atoms with van der Waals surface area (Å²) in [6, 6.07) is 6.79. The summed E-state index contributed by atoms with van der Waals surface area (Å²) in [5.74, 6) is -0.355. The Kier molecular flexibility index (Phi) is 6.50. The molecule has 1 aliphatic carbocycles. The molecule has 1 aromatic carbocycles. The molecule has 1 amide bonds. The fourth-order valence-electron chi connectivity index (χ4n) is 5.32. The number of hydrogen-bond donors (Lipinski definition) is 2. The summed E-state index contributed by atoms with van der Waals surface area (Å²) in [6.45, 7) is 0.827. The minimum atomic E-state index is -4.79. The van der Waals surface area contributed by atoms with Gasteiger partial charge >= 0.3 is 12.1 Å². The number of imidazole rings is 1. The predicted molar refractivity (Wildman–Crippen MR) is 125 cm³/mol. The highest BCUT2D eigenvalue weighted by molar-refractivity contribution is 5.94. The number of H-pyrrole nitrogens is 1. The molecule has 2 aliphatic rings. The van der Waals surface area contributed by atoms with Gasteiger partial charge in [-0.2, -0.15) is 0 Å². The minimum absolute atomic E-state index is 0.108. The first-order valence-corrected chi connectivity index (χ1v) is 12.1. The molecule has 3 heterocycles. The van der Waals surface area contributed by atoms with Crippen molar-refractivity contribution in [2.75, 3.05) is 13.1 Å². The number of fused-ring (bicyclic) bond motifs is 1. The molecular formula is C25H27F3N4O4. The number of alkyl halides is 3. The van der Waals surface area contributed by atoms with Gasteiger partial charge in [0.2, 0.25) is 0 Å². The van der Waals surface area contributed by atoms with E-state index in [0.717, 1.165) is 48.9 Å². The number of carbonyl (C=O) groups excluding carboxylic acids is 1. The second-order valence-electron chi connectivity index (χ2n) is 9.54. The summed E-state index contributed by atoms with van der Waals surface area (Å²) in [7, 11) is 0. The normalized spacial score (nSPS) is 21.6. The quantitative estimate of drug-likeness (QED) is 0.557. The number of rotatable bonds is 4. The SMILES string of the molecule is O=C(c1ccc(OC(F)(F)F)cc1)N1CCC(n2c(=O)[nH]c3ncc(C4CCC(O)CC4)cc32)CC1. The van der Waals surface area contributed by atoms with Crippen molar-refractivity contribution in [3.05, 3.63) is 58.1 Å². The highest BCUT2D eigenvalue weighted by atomic mass is 19.4. The smallest absolute Gasteiger partial charge is 0.406 e. The van der Waals surface area contributed by atoms with Crippen molar-refractivity contribution in [2.45, 2.75) is 63.0 Å². The lowest BCUT2D eigenvalue weighted by Gasteiger charge is -2.32. The first-order valence-electron chi connectivity index (χ1n) is 12.1. The first kappa shape index (κ1) is 24.4. The second kappa shape index (κ2) is 9.61. The molecule has 0 unspecified atom stereocenters. The number of nitrogens with one attached hydrogen (secondary N) is 1. The van der Waals surface area contributed by atoms with Crippen LogP contribution in [0.15, 0.2) is 41.3 Å². The molecule has 0 atom stereocenters. The van der Waals surface area contributed by atoms with Crippen LogP contribution in [-0.2, 0) is 0 Å². The third-order valence-corrected chi connectivity index (χ3v) is 7.21. The Balaban J connectivity index is 1.28. The molecule has 5 rings (SSSR count). The van der Waals surface area contributed by atoms with Gasteiger partial charge in [-0.3, -0.25) is 14.3 Å². The maximum Gasteiger partial charge on any atom is 0.573 e. The first-order chi connectivity index (χ1) is 17.2. The van der Waals surface area contributed by atoms with Crippen molar-refractivity contribution in [1.82, 2.24) is 19.4 Å². The summed E-state index contributed by atoms with van der Waals surface area (Å²) in [6.07, 6.45) is 1.17. The summed E-state index contributed by atoms with van der Waals surface area (Å²) in [5.41, 5.74) is 2.37. The summed E-state index contributed by atoms with van der Waals surface area (Å²) >= 11 is 0. The monoisotopic (exact) mass is 504 g/mol. The van der Waals surface area contributed by atoms with Crippen LogP contribution in [0.3, 0.4) is 0 Å². The standard InChI is InChI=1S/C25H27F3N4O4/c26-25(27,28)36-20-7-3-16(4-8-20)23(34)31-11-9-18(10-12-31)32-21-13-17(14-29-22(21)30-24(32)35)15-1-5-19(33)6-2-15/h3-4,7-8,13-15,18-19,33H,1-2,5-6,9-12H2,(H,29,30,35). The van der Waals surface area contributed by atoms with Gasteiger partial charge in [-0.1, -0.05) is 0 Å². The maximum absolute atomic E-state index is 12.9. The number of aliphatic hydroxyl groups excluding tert-OH is 1. The average Bonchev–Trinajstić information content (AvgIpc) is 3.18. The topological polar surface area (TPSA) is 100 Å². The van der Waals surface area contributed by atoms with Crippen LogP contribution in [0.1, 0.15) is 66.4 Å². The Morgan fingerprint density at radius 1 is 1.06 bits per heavy atom. The van der Waals surface area contributed by atoms with Crippen LogP contribution in [0.5, 0.6) is 5.75 Å². The number of ether oxygens (including phenoxy) is 1. The molecule has 2 N–H and O–H groups in total. The molecule has 2 aromatic heterocycles. The molecule has 1 aliphatic heterocycles. The molecular weight excluding hydrogens is 477 g/mol. The van der Waals surface area contributed by atoms with Crippen LogP contribution >= 0.6 is 0 Å². The van der Waals surface area contributed by atoms with Crippen molar-refractivity contribution in [1.29, 1.82) is 0 Å². The lowest BCUT2D eigenvalue weighted by Crippen LogP contribution is -2.40. The van der Waals surface area contributed by atoms with Crippen LogP contribution in [0.25, 0.3) is 11.2 Å². The summed E-state index contributed by atoms with van der Waals surface area (Å²) in [4.78, 5) is 34.6. The van der Waals surface area contributed by atoms with Gasteiger partial charge in [0.1, 0.15) is 5.75 Å². The van der Waals surface area contributed by atoms with Gasteiger partial charge in [0.05, 0.1) is 11.6 Å². The van der Waals surface area contributed by atoms with Gasteiger partial charge in [0, 0.05) is 30.9 Å². The highest BCUT2D eigenvalue weighted by Crippen LogP contribution is 2.34. The molecule has 11 heteroatoms. The number of benzene rings is 1. The zero-order chi connectivity index (χ0) is 25.4. The predicted octanol–water partition coefficient (Wildman–Crippen LogP) is 4.12. The van der Waals surface area contributed by atoms with Crippen LogP contribution in [0.4, 0.5) is 13.2 Å². The zero-order valence-corrected chi connectivity index (χ0v) is 19.5.